The predicted molar refractivity (Wildman–Crippen MR) is 88.6 cm³/mol. The molecule has 0 spiro atoms. The normalized spacial score (nSPS) is 18.0. The summed E-state index contributed by atoms with van der Waals surface area (Å²) in [5.74, 6) is 0.579. The quantitative estimate of drug-likeness (QED) is 0.872. The van der Waals surface area contributed by atoms with Gasteiger partial charge in [-0.1, -0.05) is 24.9 Å². The first-order chi connectivity index (χ1) is 10.1. The lowest BCUT2D eigenvalue weighted by Crippen LogP contribution is -2.48. The SMILES string of the molecule is CCC(CN)CC(=O)N1CCN(Cc2ccc(Cl)s2)CC1. The third kappa shape index (κ3) is 4.95. The number of piperazine rings is 1. The summed E-state index contributed by atoms with van der Waals surface area (Å²) in [5, 5.41) is 0. The van der Waals surface area contributed by atoms with E-state index in [-0.39, 0.29) is 5.91 Å². The van der Waals surface area contributed by atoms with E-state index >= 15 is 0 Å². The number of carbonyl (C=O) groups is 1. The van der Waals surface area contributed by atoms with Crippen LogP contribution in [0.3, 0.4) is 0 Å². The van der Waals surface area contributed by atoms with Crippen LogP contribution in [0, 0.1) is 5.92 Å². The molecule has 0 radical (unpaired) electrons. The van der Waals surface area contributed by atoms with Crippen LogP contribution in [0.4, 0.5) is 0 Å². The van der Waals surface area contributed by atoms with E-state index in [4.69, 9.17) is 17.3 Å². The zero-order chi connectivity index (χ0) is 15.2. The first kappa shape index (κ1) is 16.7. The zero-order valence-corrected chi connectivity index (χ0v) is 14.1. The Morgan fingerprint density at radius 1 is 1.38 bits per heavy atom. The first-order valence-electron chi connectivity index (χ1n) is 7.56. The zero-order valence-electron chi connectivity index (χ0n) is 12.6. The van der Waals surface area contributed by atoms with Crippen molar-refractivity contribution in [1.82, 2.24) is 9.80 Å². The van der Waals surface area contributed by atoms with Gasteiger partial charge in [-0.2, -0.15) is 0 Å². The molecule has 1 atom stereocenters. The Balaban J connectivity index is 1.76. The minimum Gasteiger partial charge on any atom is -0.340 e. The van der Waals surface area contributed by atoms with E-state index in [1.54, 1.807) is 11.3 Å². The second-order valence-electron chi connectivity index (χ2n) is 5.58. The average Bonchev–Trinajstić information content (AvgIpc) is 2.90. The van der Waals surface area contributed by atoms with Gasteiger partial charge in [0.25, 0.3) is 0 Å². The van der Waals surface area contributed by atoms with E-state index in [9.17, 15) is 4.79 Å². The molecule has 0 saturated carbocycles. The van der Waals surface area contributed by atoms with Gasteiger partial charge in [0.15, 0.2) is 0 Å². The highest BCUT2D eigenvalue weighted by Crippen LogP contribution is 2.23. The topological polar surface area (TPSA) is 49.6 Å². The molecule has 1 fully saturated rings. The first-order valence-corrected chi connectivity index (χ1v) is 8.76. The van der Waals surface area contributed by atoms with E-state index in [1.807, 2.05) is 11.0 Å². The molecular weight excluding hydrogens is 306 g/mol. The van der Waals surface area contributed by atoms with Crippen LogP contribution in [-0.4, -0.2) is 48.4 Å². The molecule has 1 aliphatic heterocycles. The molecule has 1 aliphatic rings. The van der Waals surface area contributed by atoms with Gasteiger partial charge in [0.2, 0.25) is 5.91 Å². The molecule has 1 saturated heterocycles. The molecule has 1 aromatic rings. The Morgan fingerprint density at radius 3 is 2.62 bits per heavy atom. The minimum absolute atomic E-state index is 0.256. The van der Waals surface area contributed by atoms with Crippen LogP contribution in [0.15, 0.2) is 12.1 Å². The lowest BCUT2D eigenvalue weighted by atomic mass is 10.0. The van der Waals surface area contributed by atoms with Gasteiger partial charge < -0.3 is 10.6 Å². The summed E-state index contributed by atoms with van der Waals surface area (Å²) in [6.07, 6.45) is 1.56. The number of amides is 1. The highest BCUT2D eigenvalue weighted by molar-refractivity contribution is 7.16. The van der Waals surface area contributed by atoms with Crippen molar-refractivity contribution in [3.8, 4) is 0 Å². The lowest BCUT2D eigenvalue weighted by molar-refractivity contribution is -0.134. The van der Waals surface area contributed by atoms with Crippen LogP contribution < -0.4 is 5.73 Å². The molecule has 1 amide bonds. The maximum atomic E-state index is 12.2. The summed E-state index contributed by atoms with van der Waals surface area (Å²) in [7, 11) is 0. The maximum Gasteiger partial charge on any atom is 0.222 e. The van der Waals surface area contributed by atoms with Crippen molar-refractivity contribution in [2.45, 2.75) is 26.3 Å². The number of nitrogens with two attached hydrogens (primary N) is 1. The molecule has 1 aromatic heterocycles. The van der Waals surface area contributed by atoms with Crippen molar-refractivity contribution in [2.24, 2.45) is 11.7 Å². The van der Waals surface area contributed by atoms with Gasteiger partial charge in [-0.15, -0.1) is 11.3 Å². The van der Waals surface area contributed by atoms with E-state index in [1.165, 1.54) is 4.88 Å². The van der Waals surface area contributed by atoms with Crippen molar-refractivity contribution >= 4 is 28.8 Å². The van der Waals surface area contributed by atoms with Gasteiger partial charge in [0.1, 0.15) is 0 Å². The van der Waals surface area contributed by atoms with Gasteiger partial charge in [-0.05, 0) is 24.6 Å². The lowest BCUT2D eigenvalue weighted by Gasteiger charge is -2.35. The molecule has 21 heavy (non-hydrogen) atoms. The highest BCUT2D eigenvalue weighted by Gasteiger charge is 2.22. The molecule has 6 heteroatoms. The number of hydrogen-bond donors (Lipinski definition) is 1. The average molecular weight is 330 g/mol. The van der Waals surface area contributed by atoms with Gasteiger partial charge in [0.05, 0.1) is 4.34 Å². The smallest absolute Gasteiger partial charge is 0.222 e. The van der Waals surface area contributed by atoms with Crippen LogP contribution in [0.5, 0.6) is 0 Å². The van der Waals surface area contributed by atoms with Gasteiger partial charge in [-0.3, -0.25) is 9.69 Å². The number of rotatable bonds is 6. The van der Waals surface area contributed by atoms with Crippen molar-refractivity contribution in [1.29, 1.82) is 0 Å². The van der Waals surface area contributed by atoms with Gasteiger partial charge in [-0.25, -0.2) is 0 Å². The summed E-state index contributed by atoms with van der Waals surface area (Å²) in [5.41, 5.74) is 5.68. The van der Waals surface area contributed by atoms with Crippen LogP contribution in [0.25, 0.3) is 0 Å². The minimum atomic E-state index is 0.256. The highest BCUT2D eigenvalue weighted by atomic mass is 35.5. The Kier molecular flexibility index (Phi) is 6.48. The Morgan fingerprint density at radius 2 is 2.10 bits per heavy atom. The number of carbonyl (C=O) groups excluding carboxylic acids is 1. The van der Waals surface area contributed by atoms with Crippen LogP contribution in [-0.2, 0) is 11.3 Å². The standard InChI is InChI=1S/C15H24ClN3OS/c1-2-12(10-17)9-15(20)19-7-5-18(6-8-19)11-13-3-4-14(16)21-13/h3-4,12H,2,5-11,17H2,1H3. The monoisotopic (exact) mass is 329 g/mol. The second kappa shape index (κ2) is 8.13. The summed E-state index contributed by atoms with van der Waals surface area (Å²) in [6, 6.07) is 4.02. The van der Waals surface area contributed by atoms with Crippen LogP contribution >= 0.6 is 22.9 Å². The van der Waals surface area contributed by atoms with Crippen molar-refractivity contribution in [2.75, 3.05) is 32.7 Å². The summed E-state index contributed by atoms with van der Waals surface area (Å²) in [4.78, 5) is 17.9. The van der Waals surface area contributed by atoms with E-state index in [2.05, 4.69) is 17.9 Å². The van der Waals surface area contributed by atoms with Crippen LogP contribution in [0.2, 0.25) is 4.34 Å². The molecule has 118 valence electrons. The summed E-state index contributed by atoms with van der Waals surface area (Å²) < 4.78 is 0.839. The third-order valence-corrected chi connectivity index (χ3v) is 5.32. The number of thiophene rings is 1. The molecular formula is C15H24ClN3OS. The molecule has 1 unspecified atom stereocenters. The number of halogens is 1. The molecule has 2 N–H and O–H groups in total. The molecule has 2 rings (SSSR count). The Labute approximate surface area is 135 Å². The van der Waals surface area contributed by atoms with Gasteiger partial charge in [0, 0.05) is 44.0 Å². The van der Waals surface area contributed by atoms with Crippen LogP contribution in [0.1, 0.15) is 24.6 Å². The molecule has 0 aromatic carbocycles. The third-order valence-electron chi connectivity index (χ3n) is 4.11. The Bertz CT molecular complexity index is 454. The summed E-state index contributed by atoms with van der Waals surface area (Å²) in [6.45, 7) is 7.12. The molecule has 2 heterocycles. The Hall–Kier alpha value is -0.620. The predicted octanol–water partition coefficient (Wildman–Crippen LogP) is 2.42. The van der Waals surface area contributed by atoms with E-state index in [0.29, 0.717) is 18.9 Å². The fourth-order valence-corrected chi connectivity index (χ4v) is 3.71. The number of hydrogen-bond acceptors (Lipinski definition) is 4. The molecule has 4 nitrogen and oxygen atoms in total. The fourth-order valence-electron chi connectivity index (χ4n) is 2.58. The largest absolute Gasteiger partial charge is 0.340 e. The van der Waals surface area contributed by atoms with Gasteiger partial charge >= 0.3 is 0 Å². The van der Waals surface area contributed by atoms with Crippen molar-refractivity contribution < 1.29 is 4.79 Å². The second-order valence-corrected chi connectivity index (χ2v) is 7.38. The number of nitrogens with zero attached hydrogens (tertiary/aromatic N) is 2. The van der Waals surface area contributed by atoms with E-state index in [0.717, 1.165) is 43.5 Å². The summed E-state index contributed by atoms with van der Waals surface area (Å²) >= 11 is 7.59. The molecule has 0 aliphatic carbocycles. The van der Waals surface area contributed by atoms with Crippen molar-refractivity contribution in [3.05, 3.63) is 21.3 Å². The molecule has 0 bridgehead atoms. The fraction of sp³-hybridized carbons (Fsp3) is 0.667. The van der Waals surface area contributed by atoms with Crippen molar-refractivity contribution in [3.63, 3.8) is 0 Å². The van der Waals surface area contributed by atoms with E-state index < -0.39 is 0 Å². The maximum absolute atomic E-state index is 12.2.